The summed E-state index contributed by atoms with van der Waals surface area (Å²) in [5.41, 5.74) is 0. The topological polar surface area (TPSA) is 66.7 Å². The molecule has 0 bridgehead atoms. The molecule has 0 radical (unpaired) electrons. The van der Waals surface area contributed by atoms with Crippen molar-refractivity contribution in [3.05, 3.63) is 11.8 Å². The second-order valence-corrected chi connectivity index (χ2v) is 5.10. The predicted octanol–water partition coefficient (Wildman–Crippen LogP) is 2.37. The molecule has 0 aliphatic rings. The number of aryl methyl sites for hydroxylation is 1. The molecule has 0 aromatic carbocycles. The van der Waals surface area contributed by atoms with Crippen LogP contribution < -0.4 is 4.90 Å². The minimum absolute atomic E-state index is 0.0742. The summed E-state index contributed by atoms with van der Waals surface area (Å²) < 4.78 is 4.99. The first kappa shape index (κ1) is 17.2. The molecule has 2 amide bonds. The fraction of sp³-hybridized carbons (Fsp3) is 0.667. The quantitative estimate of drug-likeness (QED) is 0.738. The van der Waals surface area contributed by atoms with Crippen LogP contribution in [0.4, 0.5) is 5.82 Å². The first-order valence-corrected chi connectivity index (χ1v) is 7.48. The Kier molecular flexibility index (Phi) is 6.91. The highest BCUT2D eigenvalue weighted by Gasteiger charge is 2.19. The van der Waals surface area contributed by atoms with E-state index in [1.165, 1.54) is 11.8 Å². The van der Waals surface area contributed by atoms with Gasteiger partial charge in [-0.1, -0.05) is 19.0 Å². The summed E-state index contributed by atoms with van der Waals surface area (Å²) in [5, 5.41) is 3.84. The first-order valence-electron chi connectivity index (χ1n) is 7.48. The van der Waals surface area contributed by atoms with Crippen molar-refractivity contribution >= 4 is 17.6 Å². The van der Waals surface area contributed by atoms with Gasteiger partial charge in [0.05, 0.1) is 0 Å². The molecule has 21 heavy (non-hydrogen) atoms. The van der Waals surface area contributed by atoms with Gasteiger partial charge in [0.15, 0.2) is 5.82 Å². The van der Waals surface area contributed by atoms with Gasteiger partial charge in [-0.2, -0.15) is 0 Å². The van der Waals surface area contributed by atoms with E-state index in [2.05, 4.69) is 19.0 Å². The van der Waals surface area contributed by atoms with Gasteiger partial charge in [-0.15, -0.1) is 0 Å². The lowest BCUT2D eigenvalue weighted by atomic mass is 10.2. The van der Waals surface area contributed by atoms with E-state index in [4.69, 9.17) is 4.52 Å². The molecule has 0 fully saturated rings. The molecule has 0 saturated heterocycles. The zero-order valence-electron chi connectivity index (χ0n) is 13.4. The van der Waals surface area contributed by atoms with Crippen LogP contribution in [0.3, 0.4) is 0 Å². The summed E-state index contributed by atoms with van der Waals surface area (Å²) in [4.78, 5) is 27.3. The summed E-state index contributed by atoms with van der Waals surface area (Å²) in [5.74, 6) is 1.03. The van der Waals surface area contributed by atoms with Crippen LogP contribution in [0.15, 0.2) is 10.6 Å². The molecule has 0 N–H and O–H groups in total. The lowest BCUT2D eigenvalue weighted by Gasteiger charge is -2.23. The fourth-order valence-corrected chi connectivity index (χ4v) is 2.18. The van der Waals surface area contributed by atoms with Crippen molar-refractivity contribution in [2.24, 2.45) is 0 Å². The smallest absolute Gasteiger partial charge is 0.225 e. The summed E-state index contributed by atoms with van der Waals surface area (Å²) in [6.07, 6.45) is 2.17. The molecule has 0 aliphatic heterocycles. The van der Waals surface area contributed by atoms with Crippen molar-refractivity contribution in [1.82, 2.24) is 10.1 Å². The van der Waals surface area contributed by atoms with Crippen molar-refractivity contribution in [2.45, 2.75) is 47.0 Å². The predicted molar refractivity (Wildman–Crippen MR) is 81.0 cm³/mol. The van der Waals surface area contributed by atoms with Gasteiger partial charge in [-0.3, -0.25) is 14.5 Å². The molecular formula is C15H25N3O3. The largest absolute Gasteiger partial charge is 0.360 e. The number of hydrogen-bond donors (Lipinski definition) is 0. The highest BCUT2D eigenvalue weighted by atomic mass is 16.5. The Bertz CT molecular complexity index is 464. The minimum atomic E-state index is -0.145. The van der Waals surface area contributed by atoms with Gasteiger partial charge in [-0.05, 0) is 19.8 Å². The van der Waals surface area contributed by atoms with Crippen molar-refractivity contribution in [1.29, 1.82) is 0 Å². The number of amides is 2. The van der Waals surface area contributed by atoms with E-state index in [9.17, 15) is 9.59 Å². The Morgan fingerprint density at radius 2 is 1.81 bits per heavy atom. The van der Waals surface area contributed by atoms with Crippen LogP contribution >= 0.6 is 0 Å². The molecule has 0 spiro atoms. The number of carbonyl (C=O) groups excluding carboxylic acids is 2. The third kappa shape index (κ3) is 5.21. The van der Waals surface area contributed by atoms with Gasteiger partial charge in [-0.25, -0.2) is 0 Å². The van der Waals surface area contributed by atoms with E-state index >= 15 is 0 Å². The average Bonchev–Trinajstić information content (AvgIpc) is 2.84. The number of aromatic nitrogens is 1. The van der Waals surface area contributed by atoms with Crippen LogP contribution in [0, 0.1) is 6.92 Å². The molecule has 0 atom stereocenters. The Morgan fingerprint density at radius 1 is 1.19 bits per heavy atom. The SMILES string of the molecule is CCCN(CCC)C(=O)CCN(C(C)=O)c1cc(C)on1. The molecule has 0 unspecified atom stereocenters. The molecule has 1 rings (SSSR count). The van der Waals surface area contributed by atoms with Crippen LogP contribution in [0.1, 0.15) is 45.8 Å². The molecule has 6 nitrogen and oxygen atoms in total. The fourth-order valence-electron chi connectivity index (χ4n) is 2.18. The van der Waals surface area contributed by atoms with Gasteiger partial charge >= 0.3 is 0 Å². The molecule has 0 aliphatic carbocycles. The van der Waals surface area contributed by atoms with E-state index in [0.29, 0.717) is 24.5 Å². The third-order valence-corrected chi connectivity index (χ3v) is 3.16. The number of hydrogen-bond acceptors (Lipinski definition) is 4. The van der Waals surface area contributed by atoms with Crippen molar-refractivity contribution < 1.29 is 14.1 Å². The second-order valence-electron chi connectivity index (χ2n) is 5.10. The monoisotopic (exact) mass is 295 g/mol. The Morgan fingerprint density at radius 3 is 2.24 bits per heavy atom. The van der Waals surface area contributed by atoms with Gasteiger partial charge < -0.3 is 9.42 Å². The van der Waals surface area contributed by atoms with Crippen molar-refractivity contribution in [3.63, 3.8) is 0 Å². The minimum Gasteiger partial charge on any atom is -0.360 e. The molecule has 1 aromatic rings. The van der Waals surface area contributed by atoms with Gasteiger partial charge in [0, 0.05) is 39.0 Å². The normalized spacial score (nSPS) is 10.5. The summed E-state index contributed by atoms with van der Waals surface area (Å²) in [6.45, 7) is 9.18. The maximum atomic E-state index is 12.2. The number of carbonyl (C=O) groups is 2. The molecular weight excluding hydrogens is 270 g/mol. The number of rotatable bonds is 8. The summed E-state index contributed by atoms with van der Waals surface area (Å²) in [7, 11) is 0. The van der Waals surface area contributed by atoms with Crippen molar-refractivity contribution in [2.75, 3.05) is 24.5 Å². The molecule has 1 aromatic heterocycles. The van der Waals surface area contributed by atoms with Crippen LogP contribution in [-0.4, -0.2) is 41.5 Å². The van der Waals surface area contributed by atoms with Crippen LogP contribution in [0.2, 0.25) is 0 Å². The van der Waals surface area contributed by atoms with E-state index < -0.39 is 0 Å². The van der Waals surface area contributed by atoms with Crippen molar-refractivity contribution in [3.8, 4) is 0 Å². The standard InChI is InChI=1S/C15H25N3O3/c1-5-8-17(9-6-2)15(20)7-10-18(13(4)19)14-11-12(3)21-16-14/h11H,5-10H2,1-4H3. The lowest BCUT2D eigenvalue weighted by molar-refractivity contribution is -0.131. The summed E-state index contributed by atoms with van der Waals surface area (Å²) >= 11 is 0. The summed E-state index contributed by atoms with van der Waals surface area (Å²) in [6, 6.07) is 1.70. The Balaban J connectivity index is 2.64. The van der Waals surface area contributed by atoms with E-state index in [-0.39, 0.29) is 11.8 Å². The third-order valence-electron chi connectivity index (χ3n) is 3.16. The maximum Gasteiger partial charge on any atom is 0.225 e. The lowest BCUT2D eigenvalue weighted by Crippen LogP contribution is -2.37. The second kappa shape index (κ2) is 8.44. The van der Waals surface area contributed by atoms with E-state index in [0.717, 1.165) is 25.9 Å². The Labute approximate surface area is 126 Å². The van der Waals surface area contributed by atoms with Crippen LogP contribution in [0.5, 0.6) is 0 Å². The highest BCUT2D eigenvalue weighted by Crippen LogP contribution is 2.14. The van der Waals surface area contributed by atoms with Gasteiger partial charge in [0.25, 0.3) is 0 Å². The van der Waals surface area contributed by atoms with E-state index in [1.54, 1.807) is 13.0 Å². The van der Waals surface area contributed by atoms with Crippen LogP contribution in [0.25, 0.3) is 0 Å². The molecule has 0 saturated carbocycles. The zero-order valence-corrected chi connectivity index (χ0v) is 13.4. The zero-order chi connectivity index (χ0) is 15.8. The van der Waals surface area contributed by atoms with Gasteiger partial charge in [0.1, 0.15) is 5.76 Å². The molecule has 6 heteroatoms. The number of anilines is 1. The molecule has 1 heterocycles. The van der Waals surface area contributed by atoms with Crippen LogP contribution in [-0.2, 0) is 9.59 Å². The van der Waals surface area contributed by atoms with Gasteiger partial charge in [0.2, 0.25) is 11.8 Å². The highest BCUT2D eigenvalue weighted by molar-refractivity contribution is 5.91. The first-order chi connectivity index (χ1) is 9.99. The molecule has 118 valence electrons. The average molecular weight is 295 g/mol. The number of nitrogens with zero attached hydrogens (tertiary/aromatic N) is 3. The maximum absolute atomic E-state index is 12.2. The van der Waals surface area contributed by atoms with E-state index in [1.807, 2.05) is 4.90 Å². The Hall–Kier alpha value is -1.85.